The average molecular weight is 366 g/mol. The largest absolute Gasteiger partial charge is 0.480 e. The highest BCUT2D eigenvalue weighted by molar-refractivity contribution is 6.32. The first kappa shape index (κ1) is 17.8. The van der Waals surface area contributed by atoms with E-state index in [0.29, 0.717) is 10.6 Å². The molecule has 0 aliphatic carbocycles. The zero-order chi connectivity index (χ0) is 17.2. The second-order valence-electron chi connectivity index (χ2n) is 4.81. The number of aliphatic hydroxyl groups excluding tert-OH is 1. The topological polar surface area (TPSA) is 42.4 Å². The fraction of sp³-hybridized carbons (Fsp3) is 0.267. The van der Waals surface area contributed by atoms with E-state index >= 15 is 0 Å². The summed E-state index contributed by atoms with van der Waals surface area (Å²) in [4.78, 5) is 3.81. The molecule has 0 fully saturated rings. The molecule has 0 radical (unpaired) electrons. The molecular formula is C15H12Cl2F3NO2. The molecule has 0 spiro atoms. The lowest BCUT2D eigenvalue weighted by molar-refractivity contribution is -0.153. The molecule has 8 heteroatoms. The van der Waals surface area contributed by atoms with E-state index in [1.54, 1.807) is 25.1 Å². The first-order valence-electron chi connectivity index (χ1n) is 6.47. The zero-order valence-electron chi connectivity index (χ0n) is 11.9. The van der Waals surface area contributed by atoms with Crippen molar-refractivity contribution in [3.63, 3.8) is 0 Å². The number of hydrogen-bond acceptors (Lipinski definition) is 3. The highest BCUT2D eigenvalue weighted by atomic mass is 35.5. The van der Waals surface area contributed by atoms with Gasteiger partial charge in [0.15, 0.2) is 17.5 Å². The second kappa shape index (κ2) is 6.95. The quantitative estimate of drug-likeness (QED) is 0.791. The van der Waals surface area contributed by atoms with E-state index in [2.05, 4.69) is 4.98 Å². The fourth-order valence-electron chi connectivity index (χ4n) is 1.90. The van der Waals surface area contributed by atoms with Crippen LogP contribution in [0.5, 0.6) is 5.75 Å². The molecular weight excluding hydrogens is 354 g/mol. The number of hydrogen-bond donors (Lipinski definition) is 1. The van der Waals surface area contributed by atoms with Crippen molar-refractivity contribution >= 4 is 23.2 Å². The van der Waals surface area contributed by atoms with E-state index in [4.69, 9.17) is 27.9 Å². The maximum Gasteiger partial charge on any atom is 0.422 e. The number of aryl methyl sites for hydroxylation is 1. The molecule has 1 aromatic heterocycles. The number of rotatable bonds is 4. The highest BCUT2D eigenvalue weighted by Gasteiger charge is 2.30. The van der Waals surface area contributed by atoms with Gasteiger partial charge in [-0.05, 0) is 30.2 Å². The van der Waals surface area contributed by atoms with E-state index in [0.717, 1.165) is 5.56 Å². The van der Waals surface area contributed by atoms with Crippen LogP contribution in [0.1, 0.15) is 11.3 Å². The predicted molar refractivity (Wildman–Crippen MR) is 81.9 cm³/mol. The molecule has 0 atom stereocenters. The standard InChI is InChI=1S/C15H12Cl2F3NO2/c1-8-2-3-9(4-12(8)16)11-5-10(6-22)21-14(17)13(11)23-7-15(18,19)20/h2-5,22H,6-7H2,1H3. The summed E-state index contributed by atoms with van der Waals surface area (Å²) in [6.45, 7) is -0.114. The van der Waals surface area contributed by atoms with Gasteiger partial charge in [-0.1, -0.05) is 35.3 Å². The third-order valence-electron chi connectivity index (χ3n) is 3.01. The Hall–Kier alpha value is -1.50. The molecule has 0 saturated heterocycles. The van der Waals surface area contributed by atoms with Crippen LogP contribution in [0, 0.1) is 6.92 Å². The molecule has 0 unspecified atom stereocenters. The van der Waals surface area contributed by atoms with Crippen LogP contribution < -0.4 is 4.74 Å². The van der Waals surface area contributed by atoms with E-state index in [1.807, 2.05) is 0 Å². The molecule has 3 nitrogen and oxygen atoms in total. The number of ether oxygens (including phenoxy) is 1. The van der Waals surface area contributed by atoms with Gasteiger partial charge >= 0.3 is 6.18 Å². The van der Waals surface area contributed by atoms with Crippen molar-refractivity contribution in [1.82, 2.24) is 4.98 Å². The van der Waals surface area contributed by atoms with Crippen molar-refractivity contribution in [1.29, 1.82) is 0 Å². The molecule has 0 amide bonds. The number of aliphatic hydroxyl groups is 1. The minimum Gasteiger partial charge on any atom is -0.480 e. The van der Waals surface area contributed by atoms with Gasteiger partial charge in [-0.3, -0.25) is 0 Å². The van der Waals surface area contributed by atoms with Gasteiger partial charge < -0.3 is 9.84 Å². The lowest BCUT2D eigenvalue weighted by Crippen LogP contribution is -2.20. The van der Waals surface area contributed by atoms with Crippen molar-refractivity contribution in [2.75, 3.05) is 6.61 Å². The second-order valence-corrected chi connectivity index (χ2v) is 5.57. The summed E-state index contributed by atoms with van der Waals surface area (Å²) in [5.41, 5.74) is 1.81. The van der Waals surface area contributed by atoms with Crippen molar-refractivity contribution in [2.45, 2.75) is 19.7 Å². The maximum atomic E-state index is 12.4. The van der Waals surface area contributed by atoms with E-state index in [9.17, 15) is 18.3 Å². The van der Waals surface area contributed by atoms with Gasteiger partial charge in [0.05, 0.1) is 12.3 Å². The lowest BCUT2D eigenvalue weighted by Gasteiger charge is -2.16. The Kier molecular flexibility index (Phi) is 5.39. The molecule has 0 aliphatic rings. The van der Waals surface area contributed by atoms with E-state index < -0.39 is 19.4 Å². The molecule has 1 aromatic carbocycles. The van der Waals surface area contributed by atoms with Gasteiger partial charge in [0.2, 0.25) is 0 Å². The fourth-order valence-corrected chi connectivity index (χ4v) is 2.34. The monoisotopic (exact) mass is 365 g/mol. The molecule has 0 aliphatic heterocycles. The summed E-state index contributed by atoms with van der Waals surface area (Å²) in [6, 6.07) is 6.40. The third-order valence-corrected chi connectivity index (χ3v) is 3.67. The Morgan fingerprint density at radius 2 is 1.91 bits per heavy atom. The summed E-state index contributed by atoms with van der Waals surface area (Å²) in [6.07, 6.45) is -4.51. The number of benzene rings is 1. The van der Waals surface area contributed by atoms with E-state index in [-0.39, 0.29) is 22.2 Å². The van der Waals surface area contributed by atoms with Gasteiger partial charge in [-0.2, -0.15) is 13.2 Å². The van der Waals surface area contributed by atoms with Crippen molar-refractivity contribution in [3.05, 3.63) is 45.7 Å². The van der Waals surface area contributed by atoms with Crippen molar-refractivity contribution in [3.8, 4) is 16.9 Å². The highest BCUT2D eigenvalue weighted by Crippen LogP contribution is 2.38. The SMILES string of the molecule is Cc1ccc(-c2cc(CO)nc(Cl)c2OCC(F)(F)F)cc1Cl. The van der Waals surface area contributed by atoms with Crippen LogP contribution in [-0.4, -0.2) is 22.9 Å². The Morgan fingerprint density at radius 3 is 2.48 bits per heavy atom. The van der Waals surface area contributed by atoms with Gasteiger partial charge in [-0.25, -0.2) is 4.98 Å². The first-order chi connectivity index (χ1) is 10.7. The molecule has 23 heavy (non-hydrogen) atoms. The smallest absolute Gasteiger partial charge is 0.422 e. The van der Waals surface area contributed by atoms with E-state index in [1.165, 1.54) is 6.07 Å². The first-order valence-corrected chi connectivity index (χ1v) is 7.23. The molecule has 1 N–H and O–H groups in total. The average Bonchev–Trinajstić information content (AvgIpc) is 2.47. The van der Waals surface area contributed by atoms with Crippen LogP contribution in [0.15, 0.2) is 24.3 Å². The number of alkyl halides is 3. The number of pyridine rings is 1. The molecule has 0 bridgehead atoms. The minimum absolute atomic E-state index is 0.207. The summed E-state index contributed by atoms with van der Waals surface area (Å²) in [5.74, 6) is -0.207. The Labute approximate surface area is 140 Å². The number of nitrogens with zero attached hydrogens (tertiary/aromatic N) is 1. The summed E-state index contributed by atoms with van der Waals surface area (Å²) >= 11 is 12.0. The molecule has 1 heterocycles. The normalized spacial score (nSPS) is 11.6. The van der Waals surface area contributed by atoms with Crippen molar-refractivity contribution < 1.29 is 23.0 Å². The number of halogens is 5. The van der Waals surface area contributed by atoms with Crippen LogP contribution in [0.3, 0.4) is 0 Å². The molecule has 2 aromatic rings. The Bertz CT molecular complexity index is 721. The zero-order valence-corrected chi connectivity index (χ0v) is 13.4. The molecule has 124 valence electrons. The summed E-state index contributed by atoms with van der Waals surface area (Å²) < 4.78 is 42.1. The minimum atomic E-state index is -4.51. The maximum absolute atomic E-state index is 12.4. The molecule has 2 rings (SSSR count). The summed E-state index contributed by atoms with van der Waals surface area (Å²) in [7, 11) is 0. The number of aromatic nitrogens is 1. The van der Waals surface area contributed by atoms with Gasteiger partial charge in [0.1, 0.15) is 0 Å². The Morgan fingerprint density at radius 1 is 1.22 bits per heavy atom. The van der Waals surface area contributed by atoms with Crippen LogP contribution in [-0.2, 0) is 6.61 Å². The van der Waals surface area contributed by atoms with Gasteiger partial charge in [-0.15, -0.1) is 0 Å². The van der Waals surface area contributed by atoms with Crippen LogP contribution in [0.4, 0.5) is 13.2 Å². The van der Waals surface area contributed by atoms with Crippen LogP contribution in [0.25, 0.3) is 11.1 Å². The van der Waals surface area contributed by atoms with Gasteiger partial charge in [0.25, 0.3) is 0 Å². The Balaban J connectivity index is 2.54. The third kappa shape index (κ3) is 4.50. The molecule has 0 saturated carbocycles. The lowest BCUT2D eigenvalue weighted by atomic mass is 10.0. The predicted octanol–water partition coefficient (Wildman–Crippen LogP) is 4.80. The van der Waals surface area contributed by atoms with Crippen LogP contribution >= 0.6 is 23.2 Å². The van der Waals surface area contributed by atoms with Crippen molar-refractivity contribution in [2.24, 2.45) is 0 Å². The van der Waals surface area contributed by atoms with Gasteiger partial charge in [0, 0.05) is 10.6 Å². The summed E-state index contributed by atoms with van der Waals surface area (Å²) in [5, 5.41) is 9.40. The van der Waals surface area contributed by atoms with Crippen LogP contribution in [0.2, 0.25) is 10.2 Å².